The molecule has 0 heterocycles. The maximum absolute atomic E-state index is 3.80. The summed E-state index contributed by atoms with van der Waals surface area (Å²) in [6, 6.07) is 0. The van der Waals surface area contributed by atoms with Gasteiger partial charge in [0, 0.05) is 0 Å². The molecule has 0 saturated heterocycles. The Morgan fingerprint density at radius 1 is 1.00 bits per heavy atom. The summed E-state index contributed by atoms with van der Waals surface area (Å²) in [5, 5.41) is 0.437. The normalized spacial score (nSPS) is 20.8. The van der Waals surface area contributed by atoms with Gasteiger partial charge in [0.15, 0.2) is 0 Å². The topological polar surface area (TPSA) is 12.0 Å². The Morgan fingerprint density at radius 3 is 1.47 bits per heavy atom. The molecular weight excluding hydrogens is 198 g/mol. The van der Waals surface area contributed by atoms with Crippen LogP contribution in [0.5, 0.6) is 0 Å². The molecule has 1 N–H and O–H groups in total. The molecule has 0 spiro atoms. The van der Waals surface area contributed by atoms with Gasteiger partial charge in [0.25, 0.3) is 0 Å². The minimum Gasteiger partial charge on any atom is -0.339 e. The van der Waals surface area contributed by atoms with E-state index in [1.165, 1.54) is 12.8 Å². The minimum absolute atomic E-state index is 0.437. The predicted octanol–water partition coefficient (Wildman–Crippen LogP) is 4.55. The largest absolute Gasteiger partial charge is 0.339 e. The monoisotopic (exact) mass is 229 g/mol. The molecule has 0 aromatic carbocycles. The van der Waals surface area contributed by atoms with E-state index in [1.54, 1.807) is 0 Å². The Morgan fingerprint density at radius 2 is 1.33 bits per heavy atom. The third kappa shape index (κ3) is 2.65. The third-order valence-corrected chi connectivity index (χ3v) is 11.7. The van der Waals surface area contributed by atoms with E-state index in [2.05, 4.69) is 60.5 Å². The van der Waals surface area contributed by atoms with Crippen molar-refractivity contribution in [3.63, 3.8) is 0 Å². The van der Waals surface area contributed by atoms with Crippen LogP contribution in [0.1, 0.15) is 61.3 Å². The third-order valence-electron chi connectivity index (χ3n) is 4.43. The van der Waals surface area contributed by atoms with Crippen molar-refractivity contribution in [3.8, 4) is 0 Å². The van der Waals surface area contributed by atoms with Crippen LogP contribution in [0.15, 0.2) is 0 Å². The van der Waals surface area contributed by atoms with Gasteiger partial charge in [-0.3, -0.25) is 0 Å². The van der Waals surface area contributed by atoms with Crippen molar-refractivity contribution in [2.45, 2.75) is 77.4 Å². The molecule has 0 radical (unpaired) electrons. The van der Waals surface area contributed by atoms with Gasteiger partial charge in [-0.25, -0.2) is 0 Å². The SMILES string of the molecule is CCC(C)[Si](NC)(C(C)CC)C(C)(C)C. The van der Waals surface area contributed by atoms with Gasteiger partial charge in [-0.2, -0.15) is 0 Å². The quantitative estimate of drug-likeness (QED) is 0.682. The van der Waals surface area contributed by atoms with E-state index in [0.29, 0.717) is 5.04 Å². The van der Waals surface area contributed by atoms with Gasteiger partial charge in [-0.15, -0.1) is 0 Å². The van der Waals surface area contributed by atoms with E-state index in [-0.39, 0.29) is 0 Å². The Balaban J connectivity index is 5.30. The van der Waals surface area contributed by atoms with E-state index < -0.39 is 8.24 Å². The highest BCUT2D eigenvalue weighted by atomic mass is 28.3. The molecule has 15 heavy (non-hydrogen) atoms. The summed E-state index contributed by atoms with van der Waals surface area (Å²) >= 11 is 0. The first-order valence-corrected chi connectivity index (χ1v) is 8.62. The molecule has 0 fully saturated rings. The number of nitrogens with one attached hydrogen (secondary N) is 1. The second-order valence-electron chi connectivity index (χ2n) is 5.99. The standard InChI is InChI=1S/C13H31NSi/c1-9-11(3)15(14-8,12(4)10-2)13(5,6)7/h11-12,14H,9-10H2,1-8H3. The number of rotatable bonds is 5. The summed E-state index contributed by atoms with van der Waals surface area (Å²) in [7, 11) is 0.762. The molecule has 0 aliphatic rings. The van der Waals surface area contributed by atoms with Crippen LogP contribution in [0.4, 0.5) is 0 Å². The number of hydrogen-bond acceptors (Lipinski definition) is 1. The second kappa shape index (κ2) is 5.49. The van der Waals surface area contributed by atoms with Crippen molar-refractivity contribution in [3.05, 3.63) is 0 Å². The zero-order valence-corrected chi connectivity index (χ0v) is 13.1. The van der Waals surface area contributed by atoms with Crippen LogP contribution in [-0.2, 0) is 0 Å². The van der Waals surface area contributed by atoms with Crippen molar-refractivity contribution in [1.82, 2.24) is 4.98 Å². The zero-order valence-electron chi connectivity index (χ0n) is 12.1. The van der Waals surface area contributed by atoms with Crippen LogP contribution in [0, 0.1) is 0 Å². The fourth-order valence-electron chi connectivity index (χ4n) is 3.48. The molecule has 0 bridgehead atoms. The van der Waals surface area contributed by atoms with Gasteiger partial charge < -0.3 is 4.98 Å². The molecule has 0 rings (SSSR count). The predicted molar refractivity (Wildman–Crippen MR) is 74.0 cm³/mol. The Bertz CT molecular complexity index is 173. The molecule has 0 aliphatic heterocycles. The lowest BCUT2D eigenvalue weighted by Crippen LogP contribution is -2.61. The summed E-state index contributed by atoms with van der Waals surface area (Å²) < 4.78 is 0. The van der Waals surface area contributed by atoms with Gasteiger partial charge in [0.1, 0.15) is 8.24 Å². The summed E-state index contributed by atoms with van der Waals surface area (Å²) in [5.74, 6) is 0. The zero-order chi connectivity index (χ0) is 12.3. The van der Waals surface area contributed by atoms with Crippen molar-refractivity contribution in [2.75, 3.05) is 7.05 Å². The van der Waals surface area contributed by atoms with Crippen LogP contribution in [0.2, 0.25) is 16.1 Å². The molecule has 0 aromatic heterocycles. The molecule has 2 atom stereocenters. The van der Waals surface area contributed by atoms with E-state index in [4.69, 9.17) is 0 Å². The molecule has 0 aromatic rings. The van der Waals surface area contributed by atoms with E-state index in [1.807, 2.05) is 0 Å². The van der Waals surface area contributed by atoms with Crippen LogP contribution in [-0.4, -0.2) is 15.3 Å². The lowest BCUT2D eigenvalue weighted by molar-refractivity contribution is 0.597. The molecule has 1 nitrogen and oxygen atoms in total. The molecule has 0 aliphatic carbocycles. The van der Waals surface area contributed by atoms with Gasteiger partial charge in [-0.05, 0) is 23.2 Å². The maximum atomic E-state index is 3.80. The van der Waals surface area contributed by atoms with Gasteiger partial charge in [0.05, 0.1) is 0 Å². The Labute approximate surface area is 98.1 Å². The lowest BCUT2D eigenvalue weighted by atomic mass is 10.2. The molecule has 0 amide bonds. The van der Waals surface area contributed by atoms with Crippen molar-refractivity contribution in [1.29, 1.82) is 0 Å². The van der Waals surface area contributed by atoms with E-state index >= 15 is 0 Å². The first-order chi connectivity index (χ1) is 6.77. The molecule has 0 saturated carbocycles. The first-order valence-electron chi connectivity index (χ1n) is 6.46. The van der Waals surface area contributed by atoms with Gasteiger partial charge >= 0.3 is 0 Å². The van der Waals surface area contributed by atoms with E-state index in [9.17, 15) is 0 Å². The van der Waals surface area contributed by atoms with Crippen LogP contribution in [0.3, 0.4) is 0 Å². The van der Waals surface area contributed by atoms with E-state index in [0.717, 1.165) is 11.1 Å². The van der Waals surface area contributed by atoms with Gasteiger partial charge in [0.2, 0.25) is 0 Å². The highest BCUT2D eigenvalue weighted by Crippen LogP contribution is 2.50. The smallest absolute Gasteiger partial charge is 0.136 e. The maximum Gasteiger partial charge on any atom is 0.136 e. The average Bonchev–Trinajstić information content (AvgIpc) is 2.16. The Hall–Kier alpha value is 0.177. The van der Waals surface area contributed by atoms with Crippen molar-refractivity contribution in [2.24, 2.45) is 0 Å². The van der Waals surface area contributed by atoms with Crippen LogP contribution < -0.4 is 4.98 Å². The lowest BCUT2D eigenvalue weighted by Gasteiger charge is -2.50. The summed E-state index contributed by atoms with van der Waals surface area (Å²) in [4.78, 5) is 3.80. The summed E-state index contributed by atoms with van der Waals surface area (Å²) in [5.41, 5.74) is 1.69. The minimum atomic E-state index is -1.43. The highest BCUT2D eigenvalue weighted by Gasteiger charge is 2.50. The molecule has 2 unspecified atom stereocenters. The molecular formula is C13H31NSi. The van der Waals surface area contributed by atoms with Gasteiger partial charge in [-0.1, -0.05) is 61.3 Å². The number of hydrogen-bond donors (Lipinski definition) is 1. The average molecular weight is 229 g/mol. The van der Waals surface area contributed by atoms with Crippen molar-refractivity contribution >= 4 is 8.24 Å². The second-order valence-corrected chi connectivity index (χ2v) is 11.7. The fourth-order valence-corrected chi connectivity index (χ4v) is 10.4. The molecule has 2 heteroatoms. The summed E-state index contributed by atoms with van der Waals surface area (Å²) in [6.07, 6.45) is 2.60. The summed E-state index contributed by atoms with van der Waals surface area (Å²) in [6.45, 7) is 16.8. The van der Waals surface area contributed by atoms with Crippen LogP contribution >= 0.6 is 0 Å². The van der Waals surface area contributed by atoms with Crippen molar-refractivity contribution < 1.29 is 0 Å². The van der Waals surface area contributed by atoms with Crippen LogP contribution in [0.25, 0.3) is 0 Å². The first kappa shape index (κ1) is 15.2. The Kier molecular flexibility index (Phi) is 5.55. The fraction of sp³-hybridized carbons (Fsp3) is 1.00. The highest BCUT2D eigenvalue weighted by molar-refractivity contribution is 6.82. The molecule has 92 valence electrons.